The van der Waals surface area contributed by atoms with Crippen LogP contribution < -0.4 is 0 Å². The molecule has 0 radical (unpaired) electrons. The molecular formula is C18H39NO5. The predicted octanol–water partition coefficient (Wildman–Crippen LogP) is 1.68. The van der Waals surface area contributed by atoms with Crippen LogP contribution in [0.3, 0.4) is 0 Å². The molecule has 0 spiro atoms. The fourth-order valence-electron chi connectivity index (χ4n) is 2.39. The van der Waals surface area contributed by atoms with Gasteiger partial charge in [0.15, 0.2) is 0 Å². The van der Waals surface area contributed by atoms with Gasteiger partial charge in [-0.15, -0.1) is 0 Å². The maximum Gasteiger partial charge on any atom is 0.0701 e. The van der Waals surface area contributed by atoms with E-state index in [9.17, 15) is 0 Å². The van der Waals surface area contributed by atoms with Gasteiger partial charge in [-0.05, 0) is 13.0 Å². The molecule has 0 heterocycles. The standard InChI is InChI=1S/C18H39NO5/c1-2-3-4-5-6-7-8-19(9-11-20)10-13-22-15-17-24-18-16-23-14-12-21/h20-21H,2-18H2,1H3. The average molecular weight is 350 g/mol. The molecule has 0 aliphatic carbocycles. The van der Waals surface area contributed by atoms with E-state index in [0.717, 1.165) is 19.6 Å². The third-order valence-corrected chi connectivity index (χ3v) is 3.78. The van der Waals surface area contributed by atoms with E-state index >= 15 is 0 Å². The molecule has 0 aliphatic heterocycles. The van der Waals surface area contributed by atoms with Gasteiger partial charge in [-0.2, -0.15) is 0 Å². The van der Waals surface area contributed by atoms with Crippen LogP contribution in [-0.2, 0) is 14.2 Å². The third kappa shape index (κ3) is 18.1. The van der Waals surface area contributed by atoms with Crippen molar-refractivity contribution in [2.45, 2.75) is 45.4 Å². The van der Waals surface area contributed by atoms with E-state index in [-0.39, 0.29) is 13.2 Å². The Hall–Kier alpha value is -0.240. The molecule has 6 nitrogen and oxygen atoms in total. The largest absolute Gasteiger partial charge is 0.395 e. The highest BCUT2D eigenvalue weighted by Crippen LogP contribution is 2.05. The first-order valence-electron chi connectivity index (χ1n) is 9.52. The lowest BCUT2D eigenvalue weighted by atomic mass is 10.1. The number of rotatable bonds is 20. The summed E-state index contributed by atoms with van der Waals surface area (Å²) in [6.07, 6.45) is 7.74. The van der Waals surface area contributed by atoms with E-state index < -0.39 is 0 Å². The summed E-state index contributed by atoms with van der Waals surface area (Å²) in [7, 11) is 0. The van der Waals surface area contributed by atoms with E-state index in [4.69, 9.17) is 24.4 Å². The van der Waals surface area contributed by atoms with E-state index in [1.54, 1.807) is 0 Å². The number of ether oxygens (including phenoxy) is 3. The average Bonchev–Trinajstić information content (AvgIpc) is 2.59. The lowest BCUT2D eigenvalue weighted by Gasteiger charge is -2.21. The Morgan fingerprint density at radius 1 is 0.583 bits per heavy atom. The minimum Gasteiger partial charge on any atom is -0.395 e. The fourth-order valence-corrected chi connectivity index (χ4v) is 2.39. The van der Waals surface area contributed by atoms with E-state index in [1.165, 1.54) is 38.5 Å². The molecule has 0 amide bonds. The van der Waals surface area contributed by atoms with Crippen LogP contribution >= 0.6 is 0 Å². The molecule has 0 atom stereocenters. The molecule has 0 aromatic rings. The summed E-state index contributed by atoms with van der Waals surface area (Å²) in [4.78, 5) is 2.27. The zero-order valence-corrected chi connectivity index (χ0v) is 15.6. The Labute approximate surface area is 148 Å². The highest BCUT2D eigenvalue weighted by Gasteiger charge is 2.04. The Bertz CT molecular complexity index is 231. The van der Waals surface area contributed by atoms with Crippen molar-refractivity contribution < 1.29 is 24.4 Å². The Kier molecular flexibility index (Phi) is 20.6. The molecule has 6 heteroatoms. The van der Waals surface area contributed by atoms with E-state index in [1.807, 2.05) is 0 Å². The van der Waals surface area contributed by atoms with Crippen molar-refractivity contribution in [1.29, 1.82) is 0 Å². The summed E-state index contributed by atoms with van der Waals surface area (Å²) in [6, 6.07) is 0. The Morgan fingerprint density at radius 2 is 1.17 bits per heavy atom. The molecule has 0 bridgehead atoms. The van der Waals surface area contributed by atoms with Crippen LogP contribution in [0.2, 0.25) is 0 Å². The molecule has 0 unspecified atom stereocenters. The van der Waals surface area contributed by atoms with Crippen LogP contribution in [0.25, 0.3) is 0 Å². The Balaban J connectivity index is 3.40. The van der Waals surface area contributed by atoms with Crippen LogP contribution in [0.5, 0.6) is 0 Å². The molecule has 0 saturated carbocycles. The van der Waals surface area contributed by atoms with Crippen molar-refractivity contribution in [2.24, 2.45) is 0 Å². The summed E-state index contributed by atoms with van der Waals surface area (Å²) in [6.45, 7) is 8.28. The first-order valence-corrected chi connectivity index (χ1v) is 9.52. The zero-order valence-electron chi connectivity index (χ0n) is 15.6. The molecular weight excluding hydrogens is 310 g/mol. The first kappa shape index (κ1) is 23.8. The van der Waals surface area contributed by atoms with Crippen molar-refractivity contribution in [1.82, 2.24) is 4.90 Å². The fraction of sp³-hybridized carbons (Fsp3) is 1.00. The summed E-state index contributed by atoms with van der Waals surface area (Å²) in [5.74, 6) is 0. The maximum atomic E-state index is 9.14. The molecule has 0 fully saturated rings. The SMILES string of the molecule is CCCCCCCCN(CCO)CCOCCOCCOCCO. The number of aliphatic hydroxyl groups is 2. The summed E-state index contributed by atoms with van der Waals surface area (Å²) < 4.78 is 16.0. The first-order chi connectivity index (χ1) is 11.8. The minimum atomic E-state index is 0.0478. The smallest absolute Gasteiger partial charge is 0.0701 e. The normalized spacial score (nSPS) is 11.5. The minimum absolute atomic E-state index is 0.0478. The van der Waals surface area contributed by atoms with Gasteiger partial charge in [0.1, 0.15) is 0 Å². The molecule has 0 rings (SSSR count). The zero-order chi connectivity index (χ0) is 17.7. The van der Waals surface area contributed by atoms with E-state index in [2.05, 4.69) is 11.8 Å². The van der Waals surface area contributed by atoms with Crippen LogP contribution in [0.1, 0.15) is 45.4 Å². The number of hydrogen-bond acceptors (Lipinski definition) is 6. The van der Waals surface area contributed by atoms with Gasteiger partial charge < -0.3 is 24.4 Å². The van der Waals surface area contributed by atoms with Gasteiger partial charge >= 0.3 is 0 Å². The number of aliphatic hydroxyl groups excluding tert-OH is 2. The van der Waals surface area contributed by atoms with Crippen LogP contribution in [-0.4, -0.2) is 87.6 Å². The van der Waals surface area contributed by atoms with Crippen molar-refractivity contribution >= 4 is 0 Å². The maximum absolute atomic E-state index is 9.14. The third-order valence-electron chi connectivity index (χ3n) is 3.78. The van der Waals surface area contributed by atoms with Gasteiger partial charge in [0.05, 0.1) is 52.9 Å². The van der Waals surface area contributed by atoms with Crippen molar-refractivity contribution in [3.05, 3.63) is 0 Å². The monoisotopic (exact) mass is 349 g/mol. The van der Waals surface area contributed by atoms with Crippen LogP contribution in [0, 0.1) is 0 Å². The quantitative estimate of drug-likeness (QED) is 0.326. The second-order valence-electron chi connectivity index (χ2n) is 5.89. The van der Waals surface area contributed by atoms with Gasteiger partial charge in [0, 0.05) is 13.1 Å². The van der Waals surface area contributed by atoms with Crippen LogP contribution in [0.15, 0.2) is 0 Å². The number of unbranched alkanes of at least 4 members (excludes halogenated alkanes) is 5. The van der Waals surface area contributed by atoms with Gasteiger partial charge in [-0.25, -0.2) is 0 Å². The topological polar surface area (TPSA) is 71.4 Å². The molecule has 0 saturated heterocycles. The van der Waals surface area contributed by atoms with Crippen molar-refractivity contribution in [3.63, 3.8) is 0 Å². The molecule has 2 N–H and O–H groups in total. The van der Waals surface area contributed by atoms with Gasteiger partial charge in [-0.3, -0.25) is 4.90 Å². The highest BCUT2D eigenvalue weighted by molar-refractivity contribution is 4.57. The van der Waals surface area contributed by atoms with E-state index in [0.29, 0.717) is 39.6 Å². The molecule has 0 aliphatic rings. The second kappa shape index (κ2) is 20.8. The molecule has 0 aromatic carbocycles. The lowest BCUT2D eigenvalue weighted by molar-refractivity contribution is 0.00405. The Morgan fingerprint density at radius 3 is 1.79 bits per heavy atom. The lowest BCUT2D eigenvalue weighted by Crippen LogP contribution is -2.31. The highest BCUT2D eigenvalue weighted by atomic mass is 16.5. The molecule has 146 valence electrons. The van der Waals surface area contributed by atoms with Crippen molar-refractivity contribution in [3.8, 4) is 0 Å². The van der Waals surface area contributed by atoms with Crippen LogP contribution in [0.4, 0.5) is 0 Å². The van der Waals surface area contributed by atoms with Gasteiger partial charge in [0.2, 0.25) is 0 Å². The number of nitrogens with zero attached hydrogens (tertiary/aromatic N) is 1. The summed E-state index contributed by atoms with van der Waals surface area (Å²) in [5.41, 5.74) is 0. The predicted molar refractivity (Wildman–Crippen MR) is 96.4 cm³/mol. The van der Waals surface area contributed by atoms with Gasteiger partial charge in [0.25, 0.3) is 0 Å². The number of hydrogen-bond donors (Lipinski definition) is 2. The molecule has 0 aromatic heterocycles. The molecule has 24 heavy (non-hydrogen) atoms. The second-order valence-corrected chi connectivity index (χ2v) is 5.89. The van der Waals surface area contributed by atoms with Crippen molar-refractivity contribution in [2.75, 3.05) is 72.5 Å². The summed E-state index contributed by atoms with van der Waals surface area (Å²) >= 11 is 0. The van der Waals surface area contributed by atoms with Gasteiger partial charge in [-0.1, -0.05) is 39.0 Å². The summed E-state index contributed by atoms with van der Waals surface area (Å²) in [5, 5.41) is 17.7.